The quantitative estimate of drug-likeness (QED) is 0.814. The molecule has 108 valence electrons. The summed E-state index contributed by atoms with van der Waals surface area (Å²) in [6.45, 7) is 2.00. The molecule has 1 aromatic rings. The second-order valence-corrected chi connectivity index (χ2v) is 7.25. The third-order valence-electron chi connectivity index (χ3n) is 3.29. The number of benzene rings is 1. The molecule has 0 spiro atoms. The van der Waals surface area contributed by atoms with E-state index in [1.54, 1.807) is 0 Å². The van der Waals surface area contributed by atoms with Gasteiger partial charge in [0.2, 0.25) is 0 Å². The Balaban J connectivity index is 2.02. The van der Waals surface area contributed by atoms with Gasteiger partial charge in [0.1, 0.15) is 6.61 Å². The summed E-state index contributed by atoms with van der Waals surface area (Å²) in [6, 6.07) is 7.84. The van der Waals surface area contributed by atoms with Gasteiger partial charge in [-0.25, -0.2) is 8.42 Å². The zero-order chi connectivity index (χ0) is 14.4. The standard InChI is InChI=1S/C15H19NO3S/c17-9-2-6-14-4-1-5-15(12-14)13-16-7-3-10-20(18,19)11-8-16/h1,4-5,12,17H,3,7-11,13H2. The van der Waals surface area contributed by atoms with E-state index in [9.17, 15) is 8.42 Å². The predicted molar refractivity (Wildman–Crippen MR) is 79.0 cm³/mol. The van der Waals surface area contributed by atoms with Crippen LogP contribution in [0.1, 0.15) is 17.5 Å². The van der Waals surface area contributed by atoms with E-state index in [2.05, 4.69) is 16.7 Å². The van der Waals surface area contributed by atoms with Crippen LogP contribution in [0.3, 0.4) is 0 Å². The molecule has 4 nitrogen and oxygen atoms in total. The first-order valence-corrected chi connectivity index (χ1v) is 8.53. The van der Waals surface area contributed by atoms with Crippen LogP contribution in [0.4, 0.5) is 0 Å². The highest BCUT2D eigenvalue weighted by molar-refractivity contribution is 7.91. The molecule has 0 aliphatic carbocycles. The number of rotatable bonds is 2. The van der Waals surface area contributed by atoms with Gasteiger partial charge in [-0.05, 0) is 30.7 Å². The van der Waals surface area contributed by atoms with Crippen LogP contribution >= 0.6 is 0 Å². The van der Waals surface area contributed by atoms with Crippen LogP contribution in [0.25, 0.3) is 0 Å². The Hall–Kier alpha value is -1.35. The van der Waals surface area contributed by atoms with E-state index in [-0.39, 0.29) is 12.4 Å². The monoisotopic (exact) mass is 293 g/mol. The van der Waals surface area contributed by atoms with E-state index in [1.165, 1.54) is 0 Å². The minimum Gasteiger partial charge on any atom is -0.384 e. The first-order valence-electron chi connectivity index (χ1n) is 6.70. The molecule has 1 N–H and O–H groups in total. The van der Waals surface area contributed by atoms with Crippen LogP contribution in [0.2, 0.25) is 0 Å². The summed E-state index contributed by atoms with van der Waals surface area (Å²) in [6.07, 6.45) is 0.701. The SMILES string of the molecule is O=S1(=O)CCCN(Cc2cccc(C#CCO)c2)CC1. The number of nitrogens with zero attached hydrogens (tertiary/aromatic N) is 1. The van der Waals surface area contributed by atoms with Crippen LogP contribution in [0, 0.1) is 11.8 Å². The molecule has 1 fully saturated rings. The van der Waals surface area contributed by atoms with Crippen molar-refractivity contribution in [3.63, 3.8) is 0 Å². The fourth-order valence-corrected chi connectivity index (χ4v) is 3.60. The Labute approximate surface area is 120 Å². The highest BCUT2D eigenvalue weighted by Crippen LogP contribution is 2.11. The molecule has 0 radical (unpaired) electrons. The second kappa shape index (κ2) is 6.89. The minimum absolute atomic E-state index is 0.145. The van der Waals surface area contributed by atoms with Gasteiger partial charge in [-0.2, -0.15) is 0 Å². The maximum atomic E-state index is 11.6. The first kappa shape index (κ1) is 15.0. The molecule has 0 unspecified atom stereocenters. The molecular formula is C15H19NO3S. The van der Waals surface area contributed by atoms with E-state index in [0.717, 1.165) is 24.2 Å². The highest BCUT2D eigenvalue weighted by Gasteiger charge is 2.18. The Bertz CT molecular complexity index is 613. The van der Waals surface area contributed by atoms with Gasteiger partial charge in [0.25, 0.3) is 0 Å². The first-order chi connectivity index (χ1) is 9.59. The average molecular weight is 293 g/mol. The van der Waals surface area contributed by atoms with Crippen molar-refractivity contribution in [3.8, 4) is 11.8 Å². The molecule has 2 rings (SSSR count). The van der Waals surface area contributed by atoms with Crippen molar-refractivity contribution in [2.24, 2.45) is 0 Å². The molecule has 0 saturated carbocycles. The second-order valence-electron chi connectivity index (χ2n) is 4.94. The lowest BCUT2D eigenvalue weighted by Gasteiger charge is -2.19. The molecule has 20 heavy (non-hydrogen) atoms. The summed E-state index contributed by atoms with van der Waals surface area (Å²) in [7, 11) is -2.86. The van der Waals surface area contributed by atoms with E-state index in [1.807, 2.05) is 24.3 Å². The van der Waals surface area contributed by atoms with Crippen LogP contribution in [-0.4, -0.2) is 49.6 Å². The largest absolute Gasteiger partial charge is 0.384 e. The van der Waals surface area contributed by atoms with Crippen molar-refractivity contribution < 1.29 is 13.5 Å². The zero-order valence-electron chi connectivity index (χ0n) is 11.4. The summed E-state index contributed by atoms with van der Waals surface area (Å²) < 4.78 is 23.1. The van der Waals surface area contributed by atoms with Crippen molar-refractivity contribution in [1.29, 1.82) is 0 Å². The molecule has 5 heteroatoms. The normalized spacial score (nSPS) is 18.9. The number of aliphatic hydroxyl groups excluding tert-OH is 1. The van der Waals surface area contributed by atoms with Gasteiger partial charge in [-0.1, -0.05) is 24.0 Å². The van der Waals surface area contributed by atoms with Crippen molar-refractivity contribution in [2.45, 2.75) is 13.0 Å². The number of hydrogen-bond donors (Lipinski definition) is 1. The van der Waals surface area contributed by atoms with Crippen LogP contribution < -0.4 is 0 Å². The van der Waals surface area contributed by atoms with Gasteiger partial charge in [0.05, 0.1) is 11.5 Å². The summed E-state index contributed by atoms with van der Waals surface area (Å²) in [5.41, 5.74) is 1.99. The molecule has 1 aliphatic heterocycles. The molecule has 1 heterocycles. The lowest BCUT2D eigenvalue weighted by Crippen LogP contribution is -2.26. The summed E-state index contributed by atoms with van der Waals surface area (Å²) in [5, 5.41) is 8.70. The van der Waals surface area contributed by atoms with Gasteiger partial charge in [-0.15, -0.1) is 0 Å². The van der Waals surface area contributed by atoms with Gasteiger partial charge >= 0.3 is 0 Å². The predicted octanol–water partition coefficient (Wildman–Crippen LogP) is 0.651. The van der Waals surface area contributed by atoms with Gasteiger partial charge in [0, 0.05) is 18.7 Å². The Morgan fingerprint density at radius 2 is 2.10 bits per heavy atom. The Morgan fingerprint density at radius 3 is 2.90 bits per heavy atom. The molecule has 1 aliphatic rings. The van der Waals surface area contributed by atoms with E-state index in [4.69, 9.17) is 5.11 Å². The fraction of sp³-hybridized carbons (Fsp3) is 0.467. The third kappa shape index (κ3) is 4.64. The lowest BCUT2D eigenvalue weighted by molar-refractivity contribution is 0.287. The molecule has 0 aromatic heterocycles. The van der Waals surface area contributed by atoms with E-state index >= 15 is 0 Å². The number of aliphatic hydroxyl groups is 1. The fourth-order valence-electron chi connectivity index (χ4n) is 2.30. The topological polar surface area (TPSA) is 57.6 Å². The summed E-state index contributed by atoms with van der Waals surface area (Å²) in [4.78, 5) is 2.17. The van der Waals surface area contributed by atoms with Crippen molar-refractivity contribution in [3.05, 3.63) is 35.4 Å². The van der Waals surface area contributed by atoms with Gasteiger partial charge < -0.3 is 5.11 Å². The van der Waals surface area contributed by atoms with Gasteiger partial charge in [-0.3, -0.25) is 4.90 Å². The maximum Gasteiger partial charge on any atom is 0.151 e. The summed E-state index contributed by atoms with van der Waals surface area (Å²) in [5.74, 6) is 6.06. The number of sulfone groups is 1. The Morgan fingerprint density at radius 1 is 1.25 bits per heavy atom. The van der Waals surface area contributed by atoms with Crippen molar-refractivity contribution in [1.82, 2.24) is 4.90 Å². The maximum absolute atomic E-state index is 11.6. The van der Waals surface area contributed by atoms with Crippen LogP contribution in [0.5, 0.6) is 0 Å². The molecule has 0 bridgehead atoms. The summed E-state index contributed by atoms with van der Waals surface area (Å²) >= 11 is 0. The van der Waals surface area contributed by atoms with Crippen molar-refractivity contribution >= 4 is 9.84 Å². The minimum atomic E-state index is -2.86. The molecule has 1 saturated heterocycles. The molecule has 0 atom stereocenters. The van der Waals surface area contributed by atoms with Crippen molar-refractivity contribution in [2.75, 3.05) is 31.2 Å². The van der Waals surface area contributed by atoms with Gasteiger partial charge in [0.15, 0.2) is 9.84 Å². The third-order valence-corrected chi connectivity index (χ3v) is 5.01. The van der Waals surface area contributed by atoms with Crippen LogP contribution in [0.15, 0.2) is 24.3 Å². The van der Waals surface area contributed by atoms with E-state index < -0.39 is 9.84 Å². The van der Waals surface area contributed by atoms with Crippen LogP contribution in [-0.2, 0) is 16.4 Å². The smallest absolute Gasteiger partial charge is 0.151 e. The molecule has 1 aromatic carbocycles. The number of hydrogen-bond acceptors (Lipinski definition) is 4. The molecular weight excluding hydrogens is 274 g/mol. The lowest BCUT2D eigenvalue weighted by atomic mass is 10.1. The Kier molecular flexibility index (Phi) is 5.18. The van der Waals surface area contributed by atoms with E-state index in [0.29, 0.717) is 18.7 Å². The zero-order valence-corrected chi connectivity index (χ0v) is 12.2. The molecule has 0 amide bonds. The average Bonchev–Trinajstić information content (AvgIpc) is 2.58. The highest BCUT2D eigenvalue weighted by atomic mass is 32.2.